The highest BCUT2D eigenvalue weighted by Gasteiger charge is 2.23. The van der Waals surface area contributed by atoms with Crippen molar-refractivity contribution < 1.29 is 9.53 Å². The summed E-state index contributed by atoms with van der Waals surface area (Å²) in [4.78, 5) is 12.5. The molecule has 1 atom stereocenters. The molecule has 0 radical (unpaired) electrons. The fourth-order valence-electron chi connectivity index (χ4n) is 3.59. The first-order valence-corrected chi connectivity index (χ1v) is 9.12. The molecular weight excluding hydrogens is 326 g/mol. The van der Waals surface area contributed by atoms with E-state index < -0.39 is 0 Å². The van der Waals surface area contributed by atoms with Crippen LogP contribution in [0.5, 0.6) is 5.75 Å². The largest absolute Gasteiger partial charge is 0.493 e. The molecule has 0 saturated heterocycles. The highest BCUT2D eigenvalue weighted by atomic mass is 16.5. The van der Waals surface area contributed by atoms with E-state index in [1.54, 1.807) is 4.68 Å². The van der Waals surface area contributed by atoms with Gasteiger partial charge in [0.05, 0.1) is 18.8 Å². The maximum atomic E-state index is 12.5. The van der Waals surface area contributed by atoms with E-state index in [9.17, 15) is 4.79 Å². The van der Waals surface area contributed by atoms with Crippen molar-refractivity contribution in [3.05, 3.63) is 59.9 Å². The number of amides is 1. The molecule has 0 saturated carbocycles. The highest BCUT2D eigenvalue weighted by molar-refractivity contribution is 5.90. The van der Waals surface area contributed by atoms with Crippen LogP contribution in [0.1, 0.15) is 36.4 Å². The van der Waals surface area contributed by atoms with Crippen LogP contribution in [-0.4, -0.2) is 22.3 Å². The van der Waals surface area contributed by atoms with E-state index in [2.05, 4.69) is 34.7 Å². The van der Waals surface area contributed by atoms with Gasteiger partial charge in [0.15, 0.2) is 0 Å². The SMILES string of the molecule is Cn1cc(CCC(=O)N[C@H]2CCCOc3c2ccc2ccccc32)cn1. The van der Waals surface area contributed by atoms with Crippen LogP contribution in [0.4, 0.5) is 0 Å². The second kappa shape index (κ2) is 7.20. The standard InChI is InChI=1S/C21H23N3O2/c1-24-14-15(13-22-24)8-11-20(25)23-19-7-4-12-26-21-17-6-3-2-5-16(17)9-10-18(19)21/h2-3,5-6,9-10,13-14,19H,4,7-8,11-12H2,1H3,(H,23,25)/t19-/m0/s1. The highest BCUT2D eigenvalue weighted by Crippen LogP contribution is 2.37. The average molecular weight is 349 g/mol. The van der Waals surface area contributed by atoms with E-state index >= 15 is 0 Å². The van der Waals surface area contributed by atoms with Crippen molar-refractivity contribution in [2.24, 2.45) is 7.05 Å². The number of benzene rings is 2. The third-order valence-electron chi connectivity index (χ3n) is 4.90. The average Bonchev–Trinajstić information content (AvgIpc) is 2.96. The number of aromatic nitrogens is 2. The minimum absolute atomic E-state index is 0.00138. The molecule has 0 aliphatic carbocycles. The van der Waals surface area contributed by atoms with Crippen molar-refractivity contribution in [2.45, 2.75) is 31.7 Å². The third-order valence-corrected chi connectivity index (χ3v) is 4.90. The van der Waals surface area contributed by atoms with Gasteiger partial charge in [0, 0.05) is 30.6 Å². The Morgan fingerprint density at radius 1 is 1.31 bits per heavy atom. The fourth-order valence-corrected chi connectivity index (χ4v) is 3.59. The van der Waals surface area contributed by atoms with Crippen LogP contribution in [0, 0.1) is 0 Å². The summed E-state index contributed by atoms with van der Waals surface area (Å²) in [5, 5.41) is 9.63. The molecule has 134 valence electrons. The van der Waals surface area contributed by atoms with Gasteiger partial charge < -0.3 is 10.1 Å². The monoisotopic (exact) mass is 349 g/mol. The number of fused-ring (bicyclic) bond motifs is 3. The number of aryl methyl sites for hydroxylation is 2. The van der Waals surface area contributed by atoms with Gasteiger partial charge in [-0.2, -0.15) is 5.10 Å². The second-order valence-electron chi connectivity index (χ2n) is 6.84. The van der Waals surface area contributed by atoms with E-state index in [1.165, 1.54) is 0 Å². The van der Waals surface area contributed by atoms with E-state index in [-0.39, 0.29) is 11.9 Å². The molecular formula is C21H23N3O2. The van der Waals surface area contributed by atoms with Crippen LogP contribution in [-0.2, 0) is 18.3 Å². The van der Waals surface area contributed by atoms with Crippen molar-refractivity contribution >= 4 is 16.7 Å². The first-order chi connectivity index (χ1) is 12.7. The number of nitrogens with zero attached hydrogens (tertiary/aromatic N) is 2. The molecule has 1 N–H and O–H groups in total. The molecule has 0 spiro atoms. The summed E-state index contributed by atoms with van der Waals surface area (Å²) >= 11 is 0. The van der Waals surface area contributed by atoms with E-state index in [0.717, 1.165) is 40.5 Å². The van der Waals surface area contributed by atoms with Crippen molar-refractivity contribution in [3.63, 3.8) is 0 Å². The van der Waals surface area contributed by atoms with Crippen molar-refractivity contribution in [3.8, 4) is 5.75 Å². The molecule has 2 heterocycles. The number of carbonyl (C=O) groups is 1. The van der Waals surface area contributed by atoms with Gasteiger partial charge in [-0.15, -0.1) is 0 Å². The van der Waals surface area contributed by atoms with Crippen LogP contribution < -0.4 is 10.1 Å². The lowest BCUT2D eigenvalue weighted by molar-refractivity contribution is -0.121. The lowest BCUT2D eigenvalue weighted by Crippen LogP contribution is -2.28. The zero-order valence-electron chi connectivity index (χ0n) is 14.9. The Morgan fingerprint density at radius 2 is 2.19 bits per heavy atom. The van der Waals surface area contributed by atoms with Crippen LogP contribution in [0.3, 0.4) is 0 Å². The molecule has 5 nitrogen and oxygen atoms in total. The van der Waals surface area contributed by atoms with Gasteiger partial charge >= 0.3 is 0 Å². The molecule has 1 aliphatic rings. The van der Waals surface area contributed by atoms with Gasteiger partial charge in [-0.25, -0.2) is 0 Å². The van der Waals surface area contributed by atoms with Crippen LogP contribution in [0.15, 0.2) is 48.8 Å². The molecule has 5 heteroatoms. The van der Waals surface area contributed by atoms with Gasteiger partial charge in [0.1, 0.15) is 5.75 Å². The first kappa shape index (κ1) is 16.6. The maximum absolute atomic E-state index is 12.5. The minimum atomic E-state index is -0.00138. The van der Waals surface area contributed by atoms with Crippen molar-refractivity contribution in [1.29, 1.82) is 0 Å². The number of hydrogen-bond acceptors (Lipinski definition) is 3. The number of carbonyl (C=O) groups excluding carboxylic acids is 1. The van der Waals surface area contributed by atoms with Crippen LogP contribution in [0.2, 0.25) is 0 Å². The fraction of sp³-hybridized carbons (Fsp3) is 0.333. The lowest BCUT2D eigenvalue weighted by Gasteiger charge is -2.19. The summed E-state index contributed by atoms with van der Waals surface area (Å²) in [5.41, 5.74) is 2.16. The summed E-state index contributed by atoms with van der Waals surface area (Å²) < 4.78 is 7.80. The third kappa shape index (κ3) is 3.43. The van der Waals surface area contributed by atoms with Crippen LogP contribution in [0.25, 0.3) is 10.8 Å². The van der Waals surface area contributed by atoms with Crippen molar-refractivity contribution in [2.75, 3.05) is 6.61 Å². The normalized spacial score (nSPS) is 16.6. The smallest absolute Gasteiger partial charge is 0.220 e. The second-order valence-corrected chi connectivity index (χ2v) is 6.84. The minimum Gasteiger partial charge on any atom is -0.493 e. The Bertz CT molecular complexity index is 932. The number of hydrogen-bond donors (Lipinski definition) is 1. The Morgan fingerprint density at radius 3 is 3.04 bits per heavy atom. The van der Waals surface area contributed by atoms with Gasteiger partial charge in [-0.3, -0.25) is 9.48 Å². The van der Waals surface area contributed by atoms with E-state index in [4.69, 9.17) is 4.74 Å². The predicted molar refractivity (Wildman–Crippen MR) is 101 cm³/mol. The molecule has 3 aromatic rings. The molecule has 0 unspecified atom stereocenters. The molecule has 0 bridgehead atoms. The molecule has 1 amide bonds. The molecule has 2 aromatic carbocycles. The Kier molecular flexibility index (Phi) is 4.61. The summed E-state index contributed by atoms with van der Waals surface area (Å²) in [6, 6.07) is 12.4. The van der Waals surface area contributed by atoms with Gasteiger partial charge in [-0.1, -0.05) is 36.4 Å². The van der Waals surface area contributed by atoms with E-state index in [0.29, 0.717) is 19.4 Å². The lowest BCUT2D eigenvalue weighted by atomic mass is 9.97. The topological polar surface area (TPSA) is 56.2 Å². The zero-order chi connectivity index (χ0) is 17.9. The summed E-state index contributed by atoms with van der Waals surface area (Å²) in [5.74, 6) is 0.984. The number of ether oxygens (including phenoxy) is 1. The molecule has 1 aromatic heterocycles. The number of rotatable bonds is 4. The zero-order valence-corrected chi connectivity index (χ0v) is 14.9. The van der Waals surface area contributed by atoms with E-state index in [1.807, 2.05) is 31.6 Å². The Balaban J connectivity index is 1.52. The molecule has 1 aliphatic heterocycles. The van der Waals surface area contributed by atoms with Gasteiger partial charge in [0.25, 0.3) is 0 Å². The molecule has 4 rings (SSSR count). The Hall–Kier alpha value is -2.82. The summed E-state index contributed by atoms with van der Waals surface area (Å²) in [6.07, 6.45) is 6.75. The maximum Gasteiger partial charge on any atom is 0.220 e. The summed E-state index contributed by atoms with van der Waals surface area (Å²) in [6.45, 7) is 0.684. The first-order valence-electron chi connectivity index (χ1n) is 9.12. The Labute approximate surface area is 153 Å². The van der Waals surface area contributed by atoms with Gasteiger partial charge in [0.2, 0.25) is 5.91 Å². The predicted octanol–water partition coefficient (Wildman–Crippen LogP) is 3.54. The van der Waals surface area contributed by atoms with Gasteiger partial charge in [-0.05, 0) is 30.2 Å². The molecule has 26 heavy (non-hydrogen) atoms. The quantitative estimate of drug-likeness (QED) is 0.784. The molecule has 0 fully saturated rings. The summed E-state index contributed by atoms with van der Waals surface area (Å²) in [7, 11) is 1.89. The van der Waals surface area contributed by atoms with Crippen LogP contribution >= 0.6 is 0 Å². The number of nitrogens with one attached hydrogen (secondary N) is 1. The van der Waals surface area contributed by atoms with Crippen molar-refractivity contribution in [1.82, 2.24) is 15.1 Å².